The van der Waals surface area contributed by atoms with E-state index in [-0.39, 0.29) is 0 Å². The van der Waals surface area contributed by atoms with Crippen LogP contribution >= 0.6 is 0 Å². The van der Waals surface area contributed by atoms with E-state index in [1.54, 1.807) is 6.08 Å². The minimum absolute atomic E-state index is 0.327. The molecule has 0 saturated carbocycles. The van der Waals surface area contributed by atoms with E-state index in [1.807, 2.05) is 0 Å². The fraction of sp³-hybridized carbons (Fsp3) is 0.893. The van der Waals surface area contributed by atoms with Gasteiger partial charge in [0.1, 0.15) is 116 Å². The number of hydrogen-bond acceptors (Lipinski definition) is 30. The van der Waals surface area contributed by atoms with Crippen molar-refractivity contribution in [2.75, 3.05) is 39.6 Å². The number of nitrogens with one attached hydrogen (secondary N) is 3. The van der Waals surface area contributed by atoms with Gasteiger partial charge >= 0.3 is 5.97 Å². The number of carbonyl (C=O) groups is 4. The van der Waals surface area contributed by atoms with Gasteiger partial charge < -0.3 is 150 Å². The van der Waals surface area contributed by atoms with Gasteiger partial charge in [0.2, 0.25) is 18.2 Å². The van der Waals surface area contributed by atoms with Crippen molar-refractivity contribution in [3.8, 4) is 0 Å². The number of rotatable bonds is 37. The Kier molecular flexibility index (Phi) is 32.3. The highest BCUT2D eigenvalue weighted by molar-refractivity contribution is 5.76. The Morgan fingerprint density at radius 2 is 1.06 bits per heavy atom. The molecular weight excluding hydrogens is 1210 g/mol. The van der Waals surface area contributed by atoms with Gasteiger partial charge in [-0.3, -0.25) is 14.4 Å². The Balaban J connectivity index is 1.30. The predicted molar refractivity (Wildman–Crippen MR) is 300 cm³/mol. The molecule has 28 atom stereocenters. The number of carboxylic acid groups (broad SMARTS) is 1. The molecule has 34 nitrogen and oxygen atoms in total. The second kappa shape index (κ2) is 37.6. The topological polar surface area (TPSA) is 541 Å². The van der Waals surface area contributed by atoms with Crippen molar-refractivity contribution in [3.05, 3.63) is 12.2 Å². The van der Waals surface area contributed by atoms with Gasteiger partial charge in [0.15, 0.2) is 25.2 Å². The van der Waals surface area contributed by atoms with Crippen LogP contribution in [0.4, 0.5) is 0 Å². The van der Waals surface area contributed by atoms with E-state index in [1.165, 1.54) is 51.0 Å². The lowest BCUT2D eigenvalue weighted by molar-refractivity contribution is -0.389. The van der Waals surface area contributed by atoms with Crippen molar-refractivity contribution in [1.29, 1.82) is 0 Å². The number of hydrogen-bond donors (Lipinski definition) is 20. The average molecular weight is 1310 g/mol. The lowest BCUT2D eigenvalue weighted by Crippen LogP contribution is -2.71. The Labute approximate surface area is 519 Å². The van der Waals surface area contributed by atoms with Crippen LogP contribution in [-0.2, 0) is 66.5 Å². The fourth-order valence-corrected chi connectivity index (χ4v) is 11.5. The second-order valence-corrected chi connectivity index (χ2v) is 23.3. The molecule has 0 aliphatic carbocycles. The number of ether oxygens (including phenoxy) is 10. The van der Waals surface area contributed by atoms with E-state index in [4.69, 9.17) is 47.4 Å². The third kappa shape index (κ3) is 20.3. The van der Waals surface area contributed by atoms with Crippen LogP contribution in [0.2, 0.25) is 0 Å². The van der Waals surface area contributed by atoms with E-state index in [0.717, 1.165) is 39.5 Å². The summed E-state index contributed by atoms with van der Waals surface area (Å²) < 4.78 is 58.0. The van der Waals surface area contributed by atoms with Crippen LogP contribution < -0.4 is 16.0 Å². The third-order valence-electron chi connectivity index (χ3n) is 16.5. The Morgan fingerprint density at radius 3 is 1.58 bits per heavy atom. The maximum Gasteiger partial charge on any atom is 0.364 e. The van der Waals surface area contributed by atoms with Gasteiger partial charge in [-0.1, -0.05) is 83.3 Å². The van der Waals surface area contributed by atoms with Crippen molar-refractivity contribution in [2.24, 2.45) is 0 Å². The first-order valence-corrected chi connectivity index (χ1v) is 30.6. The largest absolute Gasteiger partial charge is 0.477 e. The first kappa shape index (κ1) is 77.3. The standard InChI is InChI=1S/C56H97N3O31/c1-4-5-6-7-8-9-10-11-12-13-14-15-16-17-29(68)28(57-25-65)24-81-52-43(76)42(75)46(35(23-64)85-52)86-53-44(77)49(40(73)33(21-62)83-53)88-51-37(59-27(3)67)47(39(72)32(20-61)82-51)87-54-45(78)50(41(74)34(22-63)84-54)90-56(55(79)80)18-30(69)36(58-26(2)66)48(89-56)38(71)31(70)19-60/h16-17,25,28-54,60-64,68-78H,4-15,18-24H2,1-3H3,(H,57,65)(H,58,66)(H,59,67)(H,79,80)/b17-16+/t28-,29+,30-,31+,32+,33+,34+,35+,36+,37+,38+,39+,40-,41-,42+,43+,44+,45+,46+,47+,48+,49-,50-,51-,52+,53-,54-,56-/m0/s1. The molecule has 34 heteroatoms. The number of carbonyl (C=O) groups excluding carboxylic acids is 3. The van der Waals surface area contributed by atoms with Crippen LogP contribution in [0.3, 0.4) is 0 Å². The van der Waals surface area contributed by atoms with Gasteiger partial charge in [-0.15, -0.1) is 0 Å². The summed E-state index contributed by atoms with van der Waals surface area (Å²) in [6, 6.07) is -4.64. The summed E-state index contributed by atoms with van der Waals surface area (Å²) in [4.78, 5) is 49.7. The molecule has 3 amide bonds. The van der Waals surface area contributed by atoms with Crippen LogP contribution in [0.15, 0.2) is 12.2 Å². The normalized spacial score (nSPS) is 38.9. The van der Waals surface area contributed by atoms with Crippen molar-refractivity contribution in [2.45, 2.75) is 275 Å². The highest BCUT2D eigenvalue weighted by Crippen LogP contribution is 2.40. The molecule has 0 unspecified atom stereocenters. The highest BCUT2D eigenvalue weighted by Gasteiger charge is 2.61. The van der Waals surface area contributed by atoms with Crippen LogP contribution in [-0.4, -0.2) is 322 Å². The molecule has 5 rings (SSSR count). The molecule has 522 valence electrons. The summed E-state index contributed by atoms with van der Waals surface area (Å²) in [6.45, 7) is -1.69. The summed E-state index contributed by atoms with van der Waals surface area (Å²) in [5.41, 5.74) is 0. The molecule has 0 aromatic rings. The molecule has 5 aliphatic heterocycles. The maximum atomic E-state index is 13.1. The van der Waals surface area contributed by atoms with Gasteiger partial charge in [-0.2, -0.15) is 0 Å². The van der Waals surface area contributed by atoms with Crippen molar-refractivity contribution >= 4 is 24.2 Å². The Bertz CT molecular complexity index is 2160. The van der Waals surface area contributed by atoms with Crippen LogP contribution in [0.25, 0.3) is 0 Å². The number of unbranched alkanes of at least 4 members (excludes halogenated alkanes) is 11. The number of aliphatic hydroxyl groups is 16. The molecule has 0 spiro atoms. The van der Waals surface area contributed by atoms with Gasteiger partial charge in [0.05, 0.1) is 63.9 Å². The molecule has 90 heavy (non-hydrogen) atoms. The minimum Gasteiger partial charge on any atom is -0.477 e. The molecule has 5 heterocycles. The summed E-state index contributed by atoms with van der Waals surface area (Å²) in [5.74, 6) is -7.05. The number of aliphatic hydroxyl groups excluding tert-OH is 16. The van der Waals surface area contributed by atoms with E-state index >= 15 is 0 Å². The summed E-state index contributed by atoms with van der Waals surface area (Å²) in [6.07, 6.45) is -32.3. The van der Waals surface area contributed by atoms with Gasteiger partial charge in [0.25, 0.3) is 5.79 Å². The predicted octanol–water partition coefficient (Wildman–Crippen LogP) is -7.67. The first-order chi connectivity index (χ1) is 42.9. The first-order valence-electron chi connectivity index (χ1n) is 30.6. The number of carboxylic acids is 1. The SMILES string of the molecule is CCCCCCCCCCCCC/C=C/[C@@H](O)[C@H](CO[C@@H]1O[C@H](CO)[C@@H](O[C@@H]2O[C@H](CO)[C@H](O)[C@H](O[C@@H]3O[C@H](CO)[C@@H](O)[C@H](O[C@@H]4O[C@H](CO)[C@H](O)[C@H](O[C@]5(C(=O)O)C[C@H](O)[C@@H](NC(C)=O)[C@H]([C@H](O)[C@H](O)CO)O5)[C@H]4O)[C@H]3NC(C)=O)[C@H]2O)[C@H](O)[C@H]1O)NC=O. The third-order valence-corrected chi connectivity index (χ3v) is 16.5. The minimum atomic E-state index is -3.22. The zero-order valence-electron chi connectivity index (χ0n) is 50.6. The molecule has 0 aromatic carbocycles. The molecule has 0 bridgehead atoms. The summed E-state index contributed by atoms with van der Waals surface area (Å²) in [5, 5.41) is 193. The van der Waals surface area contributed by atoms with E-state index in [0.29, 0.717) is 12.8 Å². The Hall–Kier alpha value is -3.42. The number of aliphatic carboxylic acids is 1. The molecule has 5 aliphatic rings. The zero-order chi connectivity index (χ0) is 66.6. The lowest BCUT2D eigenvalue weighted by Gasteiger charge is -2.51. The molecule has 0 radical (unpaired) electrons. The fourth-order valence-electron chi connectivity index (χ4n) is 11.5. The van der Waals surface area contributed by atoms with Crippen molar-refractivity contribution < 1.29 is 153 Å². The van der Waals surface area contributed by atoms with E-state index in [9.17, 15) is 106 Å². The molecule has 5 fully saturated rings. The zero-order valence-corrected chi connectivity index (χ0v) is 50.6. The molecule has 0 aromatic heterocycles. The van der Waals surface area contributed by atoms with Gasteiger partial charge in [-0.05, 0) is 12.8 Å². The quantitative estimate of drug-likeness (QED) is 0.0156. The van der Waals surface area contributed by atoms with Crippen molar-refractivity contribution in [3.63, 3.8) is 0 Å². The van der Waals surface area contributed by atoms with Gasteiger partial charge in [0, 0.05) is 20.3 Å². The van der Waals surface area contributed by atoms with Gasteiger partial charge in [-0.25, -0.2) is 4.79 Å². The summed E-state index contributed by atoms with van der Waals surface area (Å²) in [7, 11) is 0. The number of allylic oxidation sites excluding steroid dienone is 1. The Morgan fingerprint density at radius 1 is 0.578 bits per heavy atom. The van der Waals surface area contributed by atoms with Crippen LogP contribution in [0.5, 0.6) is 0 Å². The maximum absolute atomic E-state index is 13.1. The van der Waals surface area contributed by atoms with Crippen LogP contribution in [0, 0.1) is 0 Å². The average Bonchev–Trinajstić information content (AvgIpc) is 0.776. The monoisotopic (exact) mass is 1310 g/mol. The lowest BCUT2D eigenvalue weighted by atomic mass is 9.88. The summed E-state index contributed by atoms with van der Waals surface area (Å²) >= 11 is 0. The van der Waals surface area contributed by atoms with E-state index in [2.05, 4.69) is 22.9 Å². The van der Waals surface area contributed by atoms with Crippen LogP contribution in [0.1, 0.15) is 104 Å². The number of amides is 3. The molecular formula is C56H97N3O31. The smallest absolute Gasteiger partial charge is 0.364 e. The molecule has 20 N–H and O–H groups in total. The highest BCUT2D eigenvalue weighted by atomic mass is 16.8. The van der Waals surface area contributed by atoms with E-state index < -0.39 is 235 Å². The van der Waals surface area contributed by atoms with Crippen molar-refractivity contribution in [1.82, 2.24) is 16.0 Å². The second-order valence-electron chi connectivity index (χ2n) is 23.3. The molecule has 5 saturated heterocycles.